The van der Waals surface area contributed by atoms with E-state index in [0.717, 1.165) is 5.56 Å². The molecule has 0 aliphatic rings. The fraction of sp³-hybridized carbons (Fsp3) is 0.250. The summed E-state index contributed by atoms with van der Waals surface area (Å²) in [5.74, 6) is 0. The number of pyridine rings is 1. The molecule has 0 saturated carbocycles. The van der Waals surface area contributed by atoms with E-state index in [1.54, 1.807) is 25.4 Å². The van der Waals surface area contributed by atoms with Gasteiger partial charge in [-0.05, 0) is 42.3 Å². The van der Waals surface area contributed by atoms with Gasteiger partial charge in [-0.1, -0.05) is 6.92 Å². The quantitative estimate of drug-likeness (QED) is 0.706. The summed E-state index contributed by atoms with van der Waals surface area (Å²) in [5, 5.41) is 0. The molecule has 3 aromatic rings. The third-order valence-electron chi connectivity index (χ3n) is 3.88. The van der Waals surface area contributed by atoms with Crippen molar-refractivity contribution in [1.29, 1.82) is 0 Å². The third kappa shape index (κ3) is 3.24. The van der Waals surface area contributed by atoms with E-state index >= 15 is 0 Å². The molecule has 2 heterocycles. The van der Waals surface area contributed by atoms with Crippen LogP contribution in [0.15, 0.2) is 52.4 Å². The van der Waals surface area contributed by atoms with Crippen molar-refractivity contribution in [2.75, 3.05) is 13.1 Å². The van der Waals surface area contributed by atoms with Gasteiger partial charge in [-0.2, -0.15) is 4.31 Å². The molecule has 0 amide bonds. The summed E-state index contributed by atoms with van der Waals surface area (Å²) in [6.45, 7) is 2.56. The molecule has 2 N–H and O–H groups in total. The maximum atomic E-state index is 12.8. The SMILES string of the molecule is CCN(CCc1ccncc1)S(=O)(=O)c1ccc2[nH]c(=O)[nH]c2c1. The summed E-state index contributed by atoms with van der Waals surface area (Å²) in [6, 6.07) is 8.33. The summed E-state index contributed by atoms with van der Waals surface area (Å²) in [6.07, 6.45) is 3.99. The molecule has 0 aliphatic heterocycles. The van der Waals surface area contributed by atoms with Crippen molar-refractivity contribution in [2.24, 2.45) is 0 Å². The molecule has 0 aliphatic carbocycles. The number of sulfonamides is 1. The minimum atomic E-state index is -3.62. The molecule has 0 radical (unpaired) electrons. The number of hydrogen-bond donors (Lipinski definition) is 2. The van der Waals surface area contributed by atoms with Gasteiger partial charge in [0.05, 0.1) is 15.9 Å². The topological polar surface area (TPSA) is 98.9 Å². The third-order valence-corrected chi connectivity index (χ3v) is 5.85. The van der Waals surface area contributed by atoms with Gasteiger partial charge in [0.25, 0.3) is 0 Å². The molecule has 24 heavy (non-hydrogen) atoms. The number of benzene rings is 1. The number of fused-ring (bicyclic) bond motifs is 1. The van der Waals surface area contributed by atoms with Crippen LogP contribution in [0.5, 0.6) is 0 Å². The number of hydrogen-bond acceptors (Lipinski definition) is 4. The number of likely N-dealkylation sites (N-methyl/N-ethyl adjacent to an activating group) is 1. The average molecular weight is 346 g/mol. The lowest BCUT2D eigenvalue weighted by atomic mass is 10.2. The normalized spacial score (nSPS) is 12.1. The molecular weight excluding hydrogens is 328 g/mol. The van der Waals surface area contributed by atoms with E-state index in [4.69, 9.17) is 0 Å². The van der Waals surface area contributed by atoms with Gasteiger partial charge >= 0.3 is 5.69 Å². The van der Waals surface area contributed by atoms with Gasteiger partial charge < -0.3 is 9.97 Å². The highest BCUT2D eigenvalue weighted by Gasteiger charge is 2.23. The molecule has 0 spiro atoms. The second-order valence-corrected chi connectivity index (χ2v) is 7.33. The molecule has 0 fully saturated rings. The Morgan fingerprint density at radius 1 is 1.08 bits per heavy atom. The second-order valence-electron chi connectivity index (χ2n) is 5.39. The Kier molecular flexibility index (Phi) is 4.50. The van der Waals surface area contributed by atoms with Crippen LogP contribution in [0.25, 0.3) is 11.0 Å². The zero-order valence-corrected chi connectivity index (χ0v) is 14.0. The number of rotatable bonds is 6. The summed E-state index contributed by atoms with van der Waals surface area (Å²) in [5.41, 5.74) is 1.73. The second kappa shape index (κ2) is 6.58. The highest BCUT2D eigenvalue weighted by molar-refractivity contribution is 7.89. The van der Waals surface area contributed by atoms with Crippen molar-refractivity contribution in [3.05, 3.63) is 58.8 Å². The van der Waals surface area contributed by atoms with E-state index in [-0.39, 0.29) is 10.6 Å². The zero-order valence-electron chi connectivity index (χ0n) is 13.2. The van der Waals surface area contributed by atoms with Crippen LogP contribution in [0, 0.1) is 0 Å². The molecule has 1 aromatic carbocycles. The van der Waals surface area contributed by atoms with Crippen molar-refractivity contribution < 1.29 is 8.42 Å². The largest absolute Gasteiger partial charge is 0.323 e. The van der Waals surface area contributed by atoms with E-state index < -0.39 is 10.0 Å². The fourth-order valence-electron chi connectivity index (χ4n) is 2.57. The molecule has 0 atom stereocenters. The molecule has 0 saturated heterocycles. The molecule has 3 rings (SSSR count). The Bertz CT molecular complexity index is 993. The minimum absolute atomic E-state index is 0.168. The highest BCUT2D eigenvalue weighted by Crippen LogP contribution is 2.19. The number of nitrogens with zero attached hydrogens (tertiary/aromatic N) is 2. The molecule has 126 valence electrons. The lowest BCUT2D eigenvalue weighted by Gasteiger charge is -2.20. The maximum absolute atomic E-state index is 12.8. The minimum Gasteiger partial charge on any atom is -0.306 e. The van der Waals surface area contributed by atoms with E-state index in [2.05, 4.69) is 15.0 Å². The van der Waals surface area contributed by atoms with Gasteiger partial charge in [-0.3, -0.25) is 4.98 Å². The lowest BCUT2D eigenvalue weighted by molar-refractivity contribution is 0.431. The van der Waals surface area contributed by atoms with Gasteiger partial charge in [0.15, 0.2) is 0 Å². The summed E-state index contributed by atoms with van der Waals surface area (Å²) >= 11 is 0. The zero-order chi connectivity index (χ0) is 17.2. The molecule has 7 nitrogen and oxygen atoms in total. The van der Waals surface area contributed by atoms with Gasteiger partial charge in [-0.15, -0.1) is 0 Å². The summed E-state index contributed by atoms with van der Waals surface area (Å²) < 4.78 is 27.1. The predicted octanol–water partition coefficient (Wildman–Crippen LogP) is 1.50. The van der Waals surface area contributed by atoms with Crippen LogP contribution < -0.4 is 5.69 Å². The molecule has 0 unspecified atom stereocenters. The van der Waals surface area contributed by atoms with Gasteiger partial charge in [0.1, 0.15) is 0 Å². The first-order valence-corrected chi connectivity index (χ1v) is 9.06. The van der Waals surface area contributed by atoms with E-state index in [1.165, 1.54) is 16.4 Å². The van der Waals surface area contributed by atoms with E-state index in [1.807, 2.05) is 12.1 Å². The number of aromatic nitrogens is 3. The maximum Gasteiger partial charge on any atom is 0.323 e. The monoisotopic (exact) mass is 346 g/mol. The number of aromatic amines is 2. The van der Waals surface area contributed by atoms with Gasteiger partial charge in [0, 0.05) is 25.5 Å². The van der Waals surface area contributed by atoms with Crippen LogP contribution in [0.3, 0.4) is 0 Å². The predicted molar refractivity (Wildman–Crippen MR) is 91.3 cm³/mol. The standard InChI is InChI=1S/C16H18N4O3S/c1-2-20(10-7-12-5-8-17-9-6-12)24(22,23)13-3-4-14-15(11-13)19-16(21)18-14/h3-6,8-9,11H,2,7,10H2,1H3,(H2,18,19,21). The Hall–Kier alpha value is -2.45. The van der Waals surface area contributed by atoms with Gasteiger partial charge in [-0.25, -0.2) is 13.2 Å². The van der Waals surface area contributed by atoms with Crippen molar-refractivity contribution in [1.82, 2.24) is 19.3 Å². The number of imidazole rings is 1. The van der Waals surface area contributed by atoms with Crippen molar-refractivity contribution in [3.8, 4) is 0 Å². The average Bonchev–Trinajstić information content (AvgIpc) is 2.95. The Morgan fingerprint density at radius 3 is 2.50 bits per heavy atom. The fourth-order valence-corrected chi connectivity index (χ4v) is 4.05. The van der Waals surface area contributed by atoms with E-state index in [0.29, 0.717) is 30.5 Å². The van der Waals surface area contributed by atoms with Crippen molar-refractivity contribution in [2.45, 2.75) is 18.2 Å². The number of nitrogens with one attached hydrogen (secondary N) is 2. The van der Waals surface area contributed by atoms with Crippen molar-refractivity contribution in [3.63, 3.8) is 0 Å². The van der Waals surface area contributed by atoms with Crippen molar-refractivity contribution >= 4 is 21.1 Å². The number of H-pyrrole nitrogens is 2. The Labute approximate surface area is 139 Å². The molecular formula is C16H18N4O3S. The molecule has 2 aromatic heterocycles. The van der Waals surface area contributed by atoms with Crippen LogP contribution >= 0.6 is 0 Å². The van der Waals surface area contributed by atoms with Crippen LogP contribution in [0.4, 0.5) is 0 Å². The van der Waals surface area contributed by atoms with Gasteiger partial charge in [0.2, 0.25) is 10.0 Å². The first kappa shape index (κ1) is 16.4. The summed E-state index contributed by atoms with van der Waals surface area (Å²) in [7, 11) is -3.62. The summed E-state index contributed by atoms with van der Waals surface area (Å²) in [4.78, 5) is 20.6. The first-order valence-electron chi connectivity index (χ1n) is 7.62. The van der Waals surface area contributed by atoms with Crippen LogP contribution in [0.2, 0.25) is 0 Å². The smallest absolute Gasteiger partial charge is 0.306 e. The van der Waals surface area contributed by atoms with Crippen LogP contribution in [-0.4, -0.2) is 40.8 Å². The first-order chi connectivity index (χ1) is 11.5. The van der Waals surface area contributed by atoms with E-state index in [9.17, 15) is 13.2 Å². The van der Waals surface area contributed by atoms with Crippen LogP contribution in [-0.2, 0) is 16.4 Å². The highest BCUT2D eigenvalue weighted by atomic mass is 32.2. The Balaban J connectivity index is 1.86. The molecule has 8 heteroatoms. The lowest BCUT2D eigenvalue weighted by Crippen LogP contribution is -2.32. The molecule has 0 bridgehead atoms. The Morgan fingerprint density at radius 2 is 1.79 bits per heavy atom. The van der Waals surface area contributed by atoms with Crippen LogP contribution in [0.1, 0.15) is 12.5 Å².